The molecule has 2 heterocycles. The zero-order chi connectivity index (χ0) is 12.1. The highest BCUT2D eigenvalue weighted by Gasteiger charge is 2.06. The molecule has 1 atom stereocenters. The second-order valence-corrected chi connectivity index (χ2v) is 4.36. The molecule has 3 heteroatoms. The second-order valence-electron chi connectivity index (χ2n) is 4.36. The van der Waals surface area contributed by atoms with Crippen LogP contribution in [0.3, 0.4) is 0 Å². The van der Waals surface area contributed by atoms with Crippen LogP contribution in [0, 0.1) is 0 Å². The maximum absolute atomic E-state index is 6.00. The van der Waals surface area contributed by atoms with Crippen molar-refractivity contribution in [2.75, 3.05) is 0 Å². The van der Waals surface area contributed by atoms with E-state index in [1.165, 1.54) is 11.3 Å². The normalized spacial score (nSPS) is 12.6. The third-order valence-corrected chi connectivity index (χ3v) is 3.02. The Kier molecular flexibility index (Phi) is 3.94. The average Bonchev–Trinajstić information content (AvgIpc) is 2.78. The van der Waals surface area contributed by atoms with Crippen LogP contribution in [0.25, 0.3) is 0 Å². The number of pyridine rings is 1. The first kappa shape index (κ1) is 11.9. The van der Waals surface area contributed by atoms with E-state index in [9.17, 15) is 0 Å². The quantitative estimate of drug-likeness (QED) is 0.854. The molecule has 0 saturated heterocycles. The van der Waals surface area contributed by atoms with Gasteiger partial charge in [-0.15, -0.1) is 0 Å². The SMILES string of the molecule is CCC(N)Cc1cccn1Cc1ccncc1. The highest BCUT2D eigenvalue weighted by atomic mass is 15.0. The average molecular weight is 229 g/mol. The summed E-state index contributed by atoms with van der Waals surface area (Å²) in [5.74, 6) is 0. The van der Waals surface area contributed by atoms with Crippen molar-refractivity contribution in [3.8, 4) is 0 Å². The van der Waals surface area contributed by atoms with Crippen LogP contribution in [-0.4, -0.2) is 15.6 Å². The zero-order valence-electron chi connectivity index (χ0n) is 10.2. The van der Waals surface area contributed by atoms with E-state index in [1.54, 1.807) is 0 Å². The van der Waals surface area contributed by atoms with Crippen LogP contribution < -0.4 is 5.73 Å². The lowest BCUT2D eigenvalue weighted by molar-refractivity contribution is 0.610. The Balaban J connectivity index is 2.09. The smallest absolute Gasteiger partial charge is 0.0473 e. The van der Waals surface area contributed by atoms with Crippen molar-refractivity contribution in [3.63, 3.8) is 0 Å². The van der Waals surface area contributed by atoms with E-state index in [0.717, 1.165) is 19.4 Å². The summed E-state index contributed by atoms with van der Waals surface area (Å²) in [6.07, 6.45) is 7.72. The van der Waals surface area contributed by atoms with Crippen molar-refractivity contribution >= 4 is 0 Å². The molecule has 0 spiro atoms. The summed E-state index contributed by atoms with van der Waals surface area (Å²) in [6.45, 7) is 3.02. The fraction of sp³-hybridized carbons (Fsp3) is 0.357. The van der Waals surface area contributed by atoms with Gasteiger partial charge in [0.1, 0.15) is 0 Å². The van der Waals surface area contributed by atoms with Crippen LogP contribution in [-0.2, 0) is 13.0 Å². The largest absolute Gasteiger partial charge is 0.347 e. The molecule has 3 nitrogen and oxygen atoms in total. The third kappa shape index (κ3) is 3.17. The molecule has 0 aliphatic carbocycles. The molecule has 0 aliphatic rings. The predicted molar refractivity (Wildman–Crippen MR) is 69.7 cm³/mol. The second kappa shape index (κ2) is 5.64. The molecular formula is C14H19N3. The van der Waals surface area contributed by atoms with Gasteiger partial charge < -0.3 is 10.3 Å². The molecule has 2 aromatic heterocycles. The fourth-order valence-electron chi connectivity index (χ4n) is 1.89. The Morgan fingerprint density at radius 1 is 1.29 bits per heavy atom. The van der Waals surface area contributed by atoms with Gasteiger partial charge in [0.05, 0.1) is 0 Å². The molecule has 90 valence electrons. The summed E-state index contributed by atoms with van der Waals surface area (Å²) in [5.41, 5.74) is 8.57. The first-order valence-corrected chi connectivity index (χ1v) is 6.08. The van der Waals surface area contributed by atoms with Gasteiger partial charge in [-0.2, -0.15) is 0 Å². The molecule has 17 heavy (non-hydrogen) atoms. The van der Waals surface area contributed by atoms with Gasteiger partial charge in [0.2, 0.25) is 0 Å². The molecular weight excluding hydrogens is 210 g/mol. The Hall–Kier alpha value is -1.61. The minimum Gasteiger partial charge on any atom is -0.347 e. The maximum atomic E-state index is 6.00. The summed E-state index contributed by atoms with van der Waals surface area (Å²) in [4.78, 5) is 4.03. The molecule has 1 unspecified atom stereocenters. The van der Waals surface area contributed by atoms with E-state index < -0.39 is 0 Å². The van der Waals surface area contributed by atoms with Crippen molar-refractivity contribution in [2.45, 2.75) is 32.4 Å². The molecule has 0 saturated carbocycles. The van der Waals surface area contributed by atoms with Crippen molar-refractivity contribution in [1.82, 2.24) is 9.55 Å². The molecule has 0 aliphatic heterocycles. The number of rotatable bonds is 5. The standard InChI is InChI=1S/C14H19N3/c1-2-13(15)10-14-4-3-9-17(14)11-12-5-7-16-8-6-12/h3-9,13H,2,10-11,15H2,1H3. The van der Waals surface area contributed by atoms with E-state index in [2.05, 4.69) is 34.8 Å². The first-order valence-electron chi connectivity index (χ1n) is 6.08. The molecule has 2 rings (SSSR count). The Morgan fingerprint density at radius 3 is 2.76 bits per heavy atom. The van der Waals surface area contributed by atoms with Gasteiger partial charge in [-0.05, 0) is 36.2 Å². The van der Waals surface area contributed by atoms with Crippen LogP contribution in [0.5, 0.6) is 0 Å². The fourth-order valence-corrected chi connectivity index (χ4v) is 1.89. The summed E-state index contributed by atoms with van der Waals surface area (Å²) in [5, 5.41) is 0. The summed E-state index contributed by atoms with van der Waals surface area (Å²) in [6, 6.07) is 8.57. The minimum absolute atomic E-state index is 0.251. The molecule has 0 amide bonds. The molecule has 0 aromatic carbocycles. The number of hydrogen-bond donors (Lipinski definition) is 1. The van der Waals surface area contributed by atoms with Crippen LogP contribution in [0.4, 0.5) is 0 Å². The molecule has 0 fully saturated rings. The molecule has 2 N–H and O–H groups in total. The molecule has 2 aromatic rings. The van der Waals surface area contributed by atoms with Gasteiger partial charge in [0, 0.05) is 43.3 Å². The van der Waals surface area contributed by atoms with E-state index in [1.807, 2.05) is 24.5 Å². The van der Waals surface area contributed by atoms with Crippen LogP contribution in [0.2, 0.25) is 0 Å². The van der Waals surface area contributed by atoms with Gasteiger partial charge in [0.15, 0.2) is 0 Å². The summed E-state index contributed by atoms with van der Waals surface area (Å²) >= 11 is 0. The lowest BCUT2D eigenvalue weighted by Gasteiger charge is -2.12. The highest BCUT2D eigenvalue weighted by molar-refractivity contribution is 5.15. The maximum Gasteiger partial charge on any atom is 0.0473 e. The van der Waals surface area contributed by atoms with Crippen molar-refractivity contribution in [3.05, 3.63) is 54.1 Å². The van der Waals surface area contributed by atoms with Gasteiger partial charge in [-0.1, -0.05) is 6.92 Å². The Labute approximate surface area is 102 Å². The monoisotopic (exact) mass is 229 g/mol. The number of nitrogens with zero attached hydrogens (tertiary/aromatic N) is 2. The Morgan fingerprint density at radius 2 is 2.06 bits per heavy atom. The lowest BCUT2D eigenvalue weighted by atomic mass is 10.1. The van der Waals surface area contributed by atoms with Crippen LogP contribution >= 0.6 is 0 Å². The van der Waals surface area contributed by atoms with Gasteiger partial charge >= 0.3 is 0 Å². The van der Waals surface area contributed by atoms with E-state index in [4.69, 9.17) is 5.73 Å². The number of aromatic nitrogens is 2. The van der Waals surface area contributed by atoms with Crippen LogP contribution in [0.1, 0.15) is 24.6 Å². The zero-order valence-corrected chi connectivity index (χ0v) is 10.2. The minimum atomic E-state index is 0.251. The number of hydrogen-bond acceptors (Lipinski definition) is 2. The third-order valence-electron chi connectivity index (χ3n) is 3.02. The van der Waals surface area contributed by atoms with Crippen molar-refractivity contribution in [2.24, 2.45) is 5.73 Å². The molecule has 0 radical (unpaired) electrons. The first-order chi connectivity index (χ1) is 8.29. The topological polar surface area (TPSA) is 43.8 Å². The molecule has 0 bridgehead atoms. The van der Waals surface area contributed by atoms with E-state index in [0.29, 0.717) is 0 Å². The van der Waals surface area contributed by atoms with Crippen molar-refractivity contribution < 1.29 is 0 Å². The van der Waals surface area contributed by atoms with Gasteiger partial charge in [0.25, 0.3) is 0 Å². The Bertz CT molecular complexity index is 448. The van der Waals surface area contributed by atoms with E-state index >= 15 is 0 Å². The van der Waals surface area contributed by atoms with Gasteiger partial charge in [-0.3, -0.25) is 4.98 Å². The van der Waals surface area contributed by atoms with E-state index in [-0.39, 0.29) is 6.04 Å². The van der Waals surface area contributed by atoms with Gasteiger partial charge in [-0.25, -0.2) is 0 Å². The number of nitrogens with two attached hydrogens (primary N) is 1. The summed E-state index contributed by atoms with van der Waals surface area (Å²) in [7, 11) is 0. The predicted octanol–water partition coefficient (Wildman–Crippen LogP) is 2.21. The highest BCUT2D eigenvalue weighted by Crippen LogP contribution is 2.09. The summed E-state index contributed by atoms with van der Waals surface area (Å²) < 4.78 is 2.25. The van der Waals surface area contributed by atoms with Crippen LogP contribution in [0.15, 0.2) is 42.9 Å². The lowest BCUT2D eigenvalue weighted by Crippen LogP contribution is -2.23. The van der Waals surface area contributed by atoms with Crippen molar-refractivity contribution in [1.29, 1.82) is 0 Å².